The number of benzene rings is 3. The highest BCUT2D eigenvalue weighted by Crippen LogP contribution is 2.40. The van der Waals surface area contributed by atoms with Gasteiger partial charge in [-0.1, -0.05) is 11.2 Å². The quantitative estimate of drug-likeness (QED) is 0.205. The number of carbonyl (C=O) groups is 2. The summed E-state index contributed by atoms with van der Waals surface area (Å²) in [5, 5.41) is 6.20. The molecule has 9 nitrogen and oxygen atoms in total. The molecule has 3 aromatic heterocycles. The van der Waals surface area contributed by atoms with Crippen LogP contribution in [0.2, 0.25) is 0 Å². The van der Waals surface area contributed by atoms with Crippen LogP contribution in [0.5, 0.6) is 0 Å². The monoisotopic (exact) mass is 642 g/mol. The summed E-state index contributed by atoms with van der Waals surface area (Å²) in [5.74, 6) is -2.65. The van der Waals surface area contributed by atoms with E-state index in [4.69, 9.17) is 20.2 Å². The summed E-state index contributed by atoms with van der Waals surface area (Å²) in [7, 11) is 0. The van der Waals surface area contributed by atoms with Crippen molar-refractivity contribution in [3.63, 3.8) is 0 Å². The zero-order valence-corrected chi connectivity index (χ0v) is 25.4. The molecule has 1 aliphatic rings. The van der Waals surface area contributed by atoms with Gasteiger partial charge in [0, 0.05) is 40.2 Å². The molecule has 1 aliphatic heterocycles. The van der Waals surface area contributed by atoms with Gasteiger partial charge in [-0.2, -0.15) is 0 Å². The highest BCUT2D eigenvalue weighted by Gasteiger charge is 2.35. The Morgan fingerprint density at radius 3 is 2.54 bits per heavy atom. The Balaban J connectivity index is 1.41. The van der Waals surface area contributed by atoms with E-state index in [1.165, 1.54) is 34.4 Å². The van der Waals surface area contributed by atoms with Gasteiger partial charge in [0.25, 0.3) is 0 Å². The number of nitrogens with two attached hydrogens (primary N) is 1. The topological polar surface area (TPSA) is 120 Å². The minimum absolute atomic E-state index is 0.0352. The van der Waals surface area contributed by atoms with E-state index < -0.39 is 29.4 Å². The Hall–Kier alpha value is -5.30. The van der Waals surface area contributed by atoms with E-state index >= 15 is 4.39 Å². The summed E-state index contributed by atoms with van der Waals surface area (Å²) in [4.78, 5) is 36.2. The number of nitrogens with zero attached hydrogens (tertiary/aromatic N) is 5. The molecule has 0 radical (unpaired) electrons. The van der Waals surface area contributed by atoms with Crippen LogP contribution in [0, 0.1) is 31.3 Å². The van der Waals surface area contributed by atoms with Crippen molar-refractivity contribution in [2.24, 2.45) is 5.73 Å². The molecule has 6 aromatic rings. The van der Waals surface area contributed by atoms with Crippen LogP contribution in [0.1, 0.15) is 52.9 Å². The molecule has 0 bridgehead atoms. The summed E-state index contributed by atoms with van der Waals surface area (Å²) in [5.41, 5.74) is 9.69. The Labute approximate surface area is 264 Å². The van der Waals surface area contributed by atoms with Crippen LogP contribution in [-0.2, 0) is 4.79 Å². The molecule has 1 fully saturated rings. The molecule has 2 N–H and O–H groups in total. The molecule has 0 spiro atoms. The summed E-state index contributed by atoms with van der Waals surface area (Å²) >= 11 is 1.24. The number of aryl methyl sites for hydroxylation is 2. The maximum Gasteiger partial charge on any atom is 0.248 e. The summed E-state index contributed by atoms with van der Waals surface area (Å²) < 4.78 is 50.6. The number of fused-ring (bicyclic) bond motifs is 1. The molecule has 1 atom stereocenters. The molecule has 0 unspecified atom stereocenters. The third-order valence-corrected chi connectivity index (χ3v) is 8.97. The van der Waals surface area contributed by atoms with Crippen LogP contribution in [0.4, 0.5) is 18.9 Å². The fourth-order valence-electron chi connectivity index (χ4n) is 6.01. The lowest BCUT2D eigenvalue weighted by molar-refractivity contribution is -0.120. The number of thiazole rings is 1. The Bertz CT molecular complexity index is 2170. The third-order valence-electron chi connectivity index (χ3n) is 8.14. The maximum absolute atomic E-state index is 15.1. The van der Waals surface area contributed by atoms with Gasteiger partial charge < -0.3 is 15.2 Å². The predicted molar refractivity (Wildman–Crippen MR) is 166 cm³/mol. The summed E-state index contributed by atoms with van der Waals surface area (Å²) in [6, 6.07) is 12.3. The number of hydrogen-bond acceptors (Lipinski definition) is 7. The van der Waals surface area contributed by atoms with Gasteiger partial charge in [-0.25, -0.2) is 23.1 Å². The van der Waals surface area contributed by atoms with Crippen molar-refractivity contribution in [1.82, 2.24) is 19.7 Å². The van der Waals surface area contributed by atoms with Crippen LogP contribution in [0.15, 0.2) is 64.5 Å². The minimum atomic E-state index is -1.07. The lowest BCUT2D eigenvalue weighted by Crippen LogP contribution is -2.39. The van der Waals surface area contributed by atoms with E-state index in [0.29, 0.717) is 52.0 Å². The van der Waals surface area contributed by atoms with E-state index in [-0.39, 0.29) is 29.1 Å². The van der Waals surface area contributed by atoms with Gasteiger partial charge in [0.2, 0.25) is 11.8 Å². The van der Waals surface area contributed by atoms with Gasteiger partial charge >= 0.3 is 0 Å². The average molecular weight is 643 g/mol. The molecule has 13 heteroatoms. The molecule has 1 saturated heterocycles. The first kappa shape index (κ1) is 29.4. The van der Waals surface area contributed by atoms with Gasteiger partial charge in [-0.15, -0.1) is 11.3 Å². The van der Waals surface area contributed by atoms with Gasteiger partial charge in [0.1, 0.15) is 17.4 Å². The fraction of sp³-hybridized carbons (Fsp3) is 0.182. The molecular formula is C33H25F3N6O3S. The number of halogens is 3. The van der Waals surface area contributed by atoms with Gasteiger partial charge in [-0.3, -0.25) is 14.2 Å². The lowest BCUT2D eigenvalue weighted by Gasteiger charge is -2.35. The first-order valence-electron chi connectivity index (χ1n) is 14.4. The molecule has 0 saturated carbocycles. The maximum atomic E-state index is 15.1. The molecular weight excluding hydrogens is 617 g/mol. The van der Waals surface area contributed by atoms with Crippen molar-refractivity contribution in [3.8, 4) is 27.5 Å². The predicted octanol–water partition coefficient (Wildman–Crippen LogP) is 7.20. The van der Waals surface area contributed by atoms with Crippen LogP contribution in [-0.4, -0.2) is 31.5 Å². The van der Waals surface area contributed by atoms with Crippen molar-refractivity contribution in [1.29, 1.82) is 0 Å². The molecule has 232 valence electrons. The van der Waals surface area contributed by atoms with Crippen LogP contribution in [0.3, 0.4) is 0 Å². The zero-order valence-electron chi connectivity index (χ0n) is 24.6. The Morgan fingerprint density at radius 1 is 1.00 bits per heavy atom. The summed E-state index contributed by atoms with van der Waals surface area (Å²) in [6.07, 6.45) is 1.28. The van der Waals surface area contributed by atoms with Crippen LogP contribution < -0.4 is 10.6 Å². The molecule has 46 heavy (non-hydrogen) atoms. The lowest BCUT2D eigenvalue weighted by atomic mass is 9.99. The normalized spacial score (nSPS) is 15.2. The second kappa shape index (κ2) is 11.2. The smallest absolute Gasteiger partial charge is 0.248 e. The van der Waals surface area contributed by atoms with E-state index in [0.717, 1.165) is 29.3 Å². The van der Waals surface area contributed by atoms with E-state index in [1.807, 2.05) is 36.6 Å². The summed E-state index contributed by atoms with van der Waals surface area (Å²) in [6.45, 7) is 3.67. The van der Waals surface area contributed by atoms with Crippen molar-refractivity contribution in [2.45, 2.75) is 39.2 Å². The number of imidazole rings is 1. The number of piperidine rings is 1. The largest absolute Gasteiger partial charge is 0.366 e. The Kier molecular flexibility index (Phi) is 7.19. The van der Waals surface area contributed by atoms with Crippen molar-refractivity contribution in [2.75, 3.05) is 4.90 Å². The van der Waals surface area contributed by atoms with E-state index in [9.17, 15) is 18.4 Å². The number of anilines is 1. The molecule has 7 rings (SSSR count). The fourth-order valence-corrected chi connectivity index (χ4v) is 6.86. The number of amides is 2. The van der Waals surface area contributed by atoms with Crippen molar-refractivity contribution in [3.05, 3.63) is 100 Å². The van der Waals surface area contributed by atoms with Crippen LogP contribution >= 0.6 is 11.3 Å². The highest BCUT2D eigenvalue weighted by atomic mass is 32.1. The second-order valence-corrected chi connectivity index (χ2v) is 11.9. The second-order valence-electron chi connectivity index (χ2n) is 11.1. The SMILES string of the molecule is Cc1noc(C)c1-c1ccc2c(c1)nc([C@@H]1CCCC(=O)N1c1ccc(F)c(F)c1)n2-c1nc(-c2ccc(C(N)=O)cc2F)cs1. The molecule has 2 amide bonds. The number of carbonyl (C=O) groups excluding carboxylic acids is 2. The molecule has 4 heterocycles. The first-order valence-corrected chi connectivity index (χ1v) is 15.3. The van der Waals surface area contributed by atoms with E-state index in [1.54, 1.807) is 5.38 Å². The van der Waals surface area contributed by atoms with Crippen molar-refractivity contribution < 1.29 is 27.3 Å². The highest BCUT2D eigenvalue weighted by molar-refractivity contribution is 7.12. The number of aromatic nitrogens is 4. The Morgan fingerprint density at radius 2 is 1.83 bits per heavy atom. The van der Waals surface area contributed by atoms with Crippen LogP contribution in [0.25, 0.3) is 38.5 Å². The number of primary amides is 1. The third kappa shape index (κ3) is 4.92. The molecule has 3 aromatic carbocycles. The first-order chi connectivity index (χ1) is 22.1. The van der Waals surface area contributed by atoms with Gasteiger partial charge in [0.05, 0.1) is 28.5 Å². The molecule has 0 aliphatic carbocycles. The van der Waals surface area contributed by atoms with Gasteiger partial charge in [-0.05, 0) is 74.7 Å². The minimum Gasteiger partial charge on any atom is -0.366 e. The zero-order chi connectivity index (χ0) is 32.3. The average Bonchev–Trinajstić information content (AvgIpc) is 3.74. The standard InChI is InChI=1S/C33H25F3N6O3S/c1-16-30(17(2)45-40-16)18-7-11-27-25(13-18)38-32(28-4-3-5-29(43)41(28)20-8-10-22(34)24(36)14-20)42(27)33-39-26(15-46-33)21-9-6-19(31(37)44)12-23(21)35/h6-15,28H,3-5H2,1-2H3,(H2,37,44)/t28-/m0/s1. The van der Waals surface area contributed by atoms with E-state index in [2.05, 4.69) is 5.16 Å². The van der Waals surface area contributed by atoms with Gasteiger partial charge in [0.15, 0.2) is 16.8 Å². The van der Waals surface area contributed by atoms with Crippen molar-refractivity contribution >= 4 is 39.9 Å². The number of hydrogen-bond donors (Lipinski definition) is 1. The number of rotatable bonds is 6.